The highest BCUT2D eigenvalue weighted by molar-refractivity contribution is 5.96. The van der Waals surface area contributed by atoms with Gasteiger partial charge < -0.3 is 20.7 Å². The Bertz CT molecular complexity index is 747. The summed E-state index contributed by atoms with van der Waals surface area (Å²) in [7, 11) is 1.57. The van der Waals surface area contributed by atoms with E-state index in [1.807, 2.05) is 55.5 Å². The van der Waals surface area contributed by atoms with Gasteiger partial charge in [0.05, 0.1) is 12.8 Å². The fraction of sp³-hybridized carbons (Fsp3) is 0.300. The van der Waals surface area contributed by atoms with Crippen molar-refractivity contribution >= 4 is 17.5 Å². The zero-order chi connectivity index (χ0) is 18.9. The van der Waals surface area contributed by atoms with E-state index in [0.717, 1.165) is 11.1 Å². The molecule has 2 rings (SSSR count). The Kier molecular flexibility index (Phi) is 7.17. The lowest BCUT2D eigenvalue weighted by Crippen LogP contribution is -2.37. The standard InChI is InChI=1S/C20H25N3O3/c1-14-9-10-18(26-3)17(13-14)23-20(25)19(16-7-5-4-6-8-16)22-12-11-21-15(2)24/h4-10,13,19,22H,11-12H2,1-3H3,(H,21,24)(H,23,25)/t19-/m0/s1. The van der Waals surface area contributed by atoms with Gasteiger partial charge in [0.15, 0.2) is 0 Å². The number of nitrogens with one attached hydrogen (secondary N) is 3. The van der Waals surface area contributed by atoms with Crippen LogP contribution in [0, 0.1) is 6.92 Å². The number of benzene rings is 2. The van der Waals surface area contributed by atoms with Crippen LogP contribution in [-0.4, -0.2) is 32.0 Å². The summed E-state index contributed by atoms with van der Waals surface area (Å²) in [5.41, 5.74) is 2.50. The fourth-order valence-corrected chi connectivity index (χ4v) is 2.59. The molecule has 0 saturated heterocycles. The summed E-state index contributed by atoms with van der Waals surface area (Å²) in [4.78, 5) is 23.9. The molecule has 6 heteroatoms. The first-order chi connectivity index (χ1) is 12.5. The van der Waals surface area contributed by atoms with E-state index in [9.17, 15) is 9.59 Å². The highest BCUT2D eigenvalue weighted by Crippen LogP contribution is 2.26. The monoisotopic (exact) mass is 355 g/mol. The van der Waals surface area contributed by atoms with Gasteiger partial charge in [-0.2, -0.15) is 0 Å². The molecule has 2 amide bonds. The molecule has 138 valence electrons. The normalized spacial score (nSPS) is 11.5. The molecule has 0 bridgehead atoms. The molecule has 1 atom stereocenters. The molecule has 0 saturated carbocycles. The lowest BCUT2D eigenvalue weighted by molar-refractivity contribution is -0.119. The molecule has 0 spiro atoms. The average molecular weight is 355 g/mol. The molecule has 6 nitrogen and oxygen atoms in total. The van der Waals surface area contributed by atoms with E-state index in [0.29, 0.717) is 24.5 Å². The minimum absolute atomic E-state index is 0.1000. The Balaban J connectivity index is 2.15. The molecule has 0 aromatic heterocycles. The number of carbonyl (C=O) groups is 2. The van der Waals surface area contributed by atoms with Crippen LogP contribution in [0.3, 0.4) is 0 Å². The van der Waals surface area contributed by atoms with E-state index in [-0.39, 0.29) is 11.8 Å². The van der Waals surface area contributed by atoms with Gasteiger partial charge in [0.1, 0.15) is 11.8 Å². The summed E-state index contributed by atoms with van der Waals surface area (Å²) in [5.74, 6) is 0.314. The molecule has 2 aromatic rings. The first kappa shape index (κ1) is 19.5. The number of hydrogen-bond donors (Lipinski definition) is 3. The molecule has 26 heavy (non-hydrogen) atoms. The van der Waals surface area contributed by atoms with Crippen LogP contribution < -0.4 is 20.7 Å². The molecule has 3 N–H and O–H groups in total. The molecule has 0 radical (unpaired) electrons. The van der Waals surface area contributed by atoms with Crippen molar-refractivity contribution in [2.45, 2.75) is 19.9 Å². The summed E-state index contributed by atoms with van der Waals surface area (Å²) >= 11 is 0. The van der Waals surface area contributed by atoms with Crippen LogP contribution >= 0.6 is 0 Å². The Morgan fingerprint density at radius 3 is 2.46 bits per heavy atom. The number of aryl methyl sites for hydroxylation is 1. The van der Waals surface area contributed by atoms with Gasteiger partial charge in [-0.25, -0.2) is 0 Å². The van der Waals surface area contributed by atoms with E-state index in [4.69, 9.17) is 4.74 Å². The molecular weight excluding hydrogens is 330 g/mol. The minimum atomic E-state index is -0.546. The molecule has 0 aliphatic rings. The number of anilines is 1. The summed E-state index contributed by atoms with van der Waals surface area (Å²) in [6.07, 6.45) is 0. The van der Waals surface area contributed by atoms with Crippen LogP contribution in [0.15, 0.2) is 48.5 Å². The maximum absolute atomic E-state index is 12.9. The molecule has 0 aliphatic carbocycles. The third kappa shape index (κ3) is 5.60. The number of rotatable bonds is 8. The first-order valence-corrected chi connectivity index (χ1v) is 8.49. The Morgan fingerprint density at radius 2 is 1.81 bits per heavy atom. The number of methoxy groups -OCH3 is 1. The van der Waals surface area contributed by atoms with E-state index in [1.54, 1.807) is 7.11 Å². The second-order valence-corrected chi connectivity index (χ2v) is 5.97. The van der Waals surface area contributed by atoms with Gasteiger partial charge in [0, 0.05) is 20.0 Å². The van der Waals surface area contributed by atoms with Crippen LogP contribution in [0.4, 0.5) is 5.69 Å². The third-order valence-corrected chi connectivity index (χ3v) is 3.86. The van der Waals surface area contributed by atoms with Gasteiger partial charge in [0.25, 0.3) is 0 Å². The zero-order valence-electron chi connectivity index (χ0n) is 15.3. The van der Waals surface area contributed by atoms with Crippen molar-refractivity contribution in [2.75, 3.05) is 25.5 Å². The van der Waals surface area contributed by atoms with Crippen molar-refractivity contribution in [3.05, 3.63) is 59.7 Å². The Hall–Kier alpha value is -2.86. The second kappa shape index (κ2) is 9.58. The van der Waals surface area contributed by atoms with Gasteiger partial charge in [-0.05, 0) is 30.2 Å². The number of ether oxygens (including phenoxy) is 1. The van der Waals surface area contributed by atoms with Crippen molar-refractivity contribution in [2.24, 2.45) is 0 Å². The third-order valence-electron chi connectivity index (χ3n) is 3.86. The van der Waals surface area contributed by atoms with E-state index < -0.39 is 6.04 Å². The molecule has 0 aliphatic heterocycles. The quantitative estimate of drug-likeness (QED) is 0.636. The van der Waals surface area contributed by atoms with Gasteiger partial charge >= 0.3 is 0 Å². The summed E-state index contributed by atoms with van der Waals surface area (Å²) in [6.45, 7) is 4.33. The van der Waals surface area contributed by atoms with Crippen molar-refractivity contribution in [3.63, 3.8) is 0 Å². The predicted molar refractivity (Wildman–Crippen MR) is 102 cm³/mol. The topological polar surface area (TPSA) is 79.5 Å². The van der Waals surface area contributed by atoms with Crippen LogP contribution in [0.25, 0.3) is 0 Å². The lowest BCUT2D eigenvalue weighted by Gasteiger charge is -2.20. The van der Waals surface area contributed by atoms with Gasteiger partial charge in [-0.1, -0.05) is 36.4 Å². The van der Waals surface area contributed by atoms with Crippen molar-refractivity contribution in [3.8, 4) is 5.75 Å². The number of carbonyl (C=O) groups excluding carboxylic acids is 2. The van der Waals surface area contributed by atoms with Crippen molar-refractivity contribution in [1.82, 2.24) is 10.6 Å². The number of hydrogen-bond acceptors (Lipinski definition) is 4. The Morgan fingerprint density at radius 1 is 1.08 bits per heavy atom. The van der Waals surface area contributed by atoms with Crippen LogP contribution in [0.2, 0.25) is 0 Å². The maximum Gasteiger partial charge on any atom is 0.246 e. The molecule has 0 unspecified atom stereocenters. The largest absolute Gasteiger partial charge is 0.495 e. The van der Waals surface area contributed by atoms with E-state index in [1.165, 1.54) is 6.92 Å². The van der Waals surface area contributed by atoms with Crippen LogP contribution in [0.1, 0.15) is 24.1 Å². The summed E-state index contributed by atoms with van der Waals surface area (Å²) in [5, 5.41) is 8.85. The smallest absolute Gasteiger partial charge is 0.246 e. The Labute approximate surface area is 153 Å². The second-order valence-electron chi connectivity index (χ2n) is 5.97. The zero-order valence-corrected chi connectivity index (χ0v) is 15.3. The van der Waals surface area contributed by atoms with Crippen LogP contribution in [0.5, 0.6) is 5.75 Å². The average Bonchev–Trinajstić information content (AvgIpc) is 2.62. The van der Waals surface area contributed by atoms with Gasteiger partial charge in [0.2, 0.25) is 11.8 Å². The fourth-order valence-electron chi connectivity index (χ4n) is 2.59. The molecule has 0 fully saturated rings. The number of amides is 2. The van der Waals surface area contributed by atoms with Crippen molar-refractivity contribution < 1.29 is 14.3 Å². The van der Waals surface area contributed by atoms with Crippen LogP contribution in [-0.2, 0) is 9.59 Å². The first-order valence-electron chi connectivity index (χ1n) is 8.49. The summed E-state index contributed by atoms with van der Waals surface area (Å²) in [6, 6.07) is 14.5. The lowest BCUT2D eigenvalue weighted by atomic mass is 10.1. The summed E-state index contributed by atoms with van der Waals surface area (Å²) < 4.78 is 5.33. The highest BCUT2D eigenvalue weighted by atomic mass is 16.5. The molecule has 2 aromatic carbocycles. The minimum Gasteiger partial charge on any atom is -0.495 e. The van der Waals surface area contributed by atoms with E-state index >= 15 is 0 Å². The van der Waals surface area contributed by atoms with Gasteiger partial charge in [-0.15, -0.1) is 0 Å². The predicted octanol–water partition coefficient (Wildman–Crippen LogP) is 2.41. The highest BCUT2D eigenvalue weighted by Gasteiger charge is 2.21. The van der Waals surface area contributed by atoms with Gasteiger partial charge in [-0.3, -0.25) is 9.59 Å². The molecular formula is C20H25N3O3. The van der Waals surface area contributed by atoms with Crippen molar-refractivity contribution in [1.29, 1.82) is 0 Å². The molecule has 0 heterocycles. The SMILES string of the molecule is COc1ccc(C)cc1NC(=O)[C@@H](NCCNC(C)=O)c1ccccc1. The van der Waals surface area contributed by atoms with E-state index in [2.05, 4.69) is 16.0 Å². The maximum atomic E-state index is 12.9.